The summed E-state index contributed by atoms with van der Waals surface area (Å²) in [7, 11) is 1.67. The fourth-order valence-corrected chi connectivity index (χ4v) is 3.38. The van der Waals surface area contributed by atoms with Crippen molar-refractivity contribution in [2.45, 2.75) is 53.1 Å². The van der Waals surface area contributed by atoms with Gasteiger partial charge in [0.05, 0.1) is 0 Å². The van der Waals surface area contributed by atoms with Crippen LogP contribution in [0.1, 0.15) is 37.6 Å². The Morgan fingerprint density at radius 1 is 1.12 bits per heavy atom. The molecule has 7 heteroatoms. The predicted octanol–water partition coefficient (Wildman–Crippen LogP) is 2.14. The van der Waals surface area contributed by atoms with Gasteiger partial charge >= 0.3 is 5.69 Å². The Morgan fingerprint density at radius 2 is 1.84 bits per heavy atom. The van der Waals surface area contributed by atoms with Crippen LogP contribution >= 0.6 is 0 Å². The molecule has 0 amide bonds. The van der Waals surface area contributed by atoms with Crippen LogP contribution in [0, 0.1) is 13.8 Å². The maximum absolute atomic E-state index is 13.1. The van der Waals surface area contributed by atoms with E-state index in [-0.39, 0.29) is 11.2 Å². The molecular weight excluding hydrogens is 318 g/mol. The highest BCUT2D eigenvalue weighted by Crippen LogP contribution is 2.20. The van der Waals surface area contributed by atoms with Gasteiger partial charge in [-0.2, -0.15) is 4.98 Å². The zero-order valence-electron chi connectivity index (χ0n) is 15.4. The molecular formula is C18H25N5O2. The Morgan fingerprint density at radius 3 is 2.48 bits per heavy atom. The van der Waals surface area contributed by atoms with Crippen molar-refractivity contribution in [2.24, 2.45) is 7.05 Å². The van der Waals surface area contributed by atoms with Crippen LogP contribution in [0.15, 0.2) is 22.2 Å². The first-order valence-electron chi connectivity index (χ1n) is 8.72. The van der Waals surface area contributed by atoms with E-state index in [1.807, 2.05) is 22.8 Å². The maximum Gasteiger partial charge on any atom is 0.332 e. The van der Waals surface area contributed by atoms with Gasteiger partial charge in [-0.05, 0) is 20.3 Å². The van der Waals surface area contributed by atoms with Crippen molar-refractivity contribution in [1.82, 2.24) is 23.1 Å². The van der Waals surface area contributed by atoms with Gasteiger partial charge in [-0.1, -0.05) is 25.8 Å². The third-order valence-electron chi connectivity index (χ3n) is 4.93. The molecule has 0 fully saturated rings. The Labute approximate surface area is 145 Å². The summed E-state index contributed by atoms with van der Waals surface area (Å²) in [4.78, 5) is 30.3. The van der Waals surface area contributed by atoms with E-state index in [9.17, 15) is 9.59 Å². The fraction of sp³-hybridized carbons (Fsp3) is 0.500. The van der Waals surface area contributed by atoms with Crippen molar-refractivity contribution >= 4 is 16.9 Å². The number of hydrogen-bond donors (Lipinski definition) is 0. The largest absolute Gasteiger partial charge is 0.332 e. The van der Waals surface area contributed by atoms with Crippen molar-refractivity contribution < 1.29 is 0 Å². The minimum Gasteiger partial charge on any atom is -0.310 e. The quantitative estimate of drug-likeness (QED) is 0.509. The summed E-state index contributed by atoms with van der Waals surface area (Å²) in [6.07, 6.45) is 4.64. The first kappa shape index (κ1) is 17.3. The van der Waals surface area contributed by atoms with Crippen LogP contribution in [0.25, 0.3) is 16.9 Å². The molecule has 0 saturated carbocycles. The molecule has 0 aromatic carbocycles. The number of aromatic nitrogens is 5. The molecule has 0 spiro atoms. The lowest BCUT2D eigenvalue weighted by Crippen LogP contribution is -2.39. The van der Waals surface area contributed by atoms with Crippen molar-refractivity contribution in [3.8, 4) is 0 Å². The normalized spacial score (nSPS) is 11.7. The lowest BCUT2D eigenvalue weighted by atomic mass is 10.2. The monoisotopic (exact) mass is 343 g/mol. The van der Waals surface area contributed by atoms with Crippen molar-refractivity contribution in [2.75, 3.05) is 0 Å². The molecule has 0 aliphatic rings. The molecule has 0 saturated heterocycles. The zero-order chi connectivity index (χ0) is 18.3. The molecule has 0 radical (unpaired) electrons. The molecule has 134 valence electrons. The molecule has 0 unspecified atom stereocenters. The van der Waals surface area contributed by atoms with Gasteiger partial charge in [-0.25, -0.2) is 4.79 Å². The zero-order valence-corrected chi connectivity index (χ0v) is 15.4. The molecule has 0 atom stereocenters. The van der Waals surface area contributed by atoms with Crippen LogP contribution in [-0.4, -0.2) is 23.1 Å². The van der Waals surface area contributed by atoms with E-state index in [4.69, 9.17) is 0 Å². The number of nitrogens with zero attached hydrogens (tertiary/aromatic N) is 5. The van der Waals surface area contributed by atoms with Crippen LogP contribution in [0.2, 0.25) is 0 Å². The van der Waals surface area contributed by atoms with Crippen LogP contribution in [0.3, 0.4) is 0 Å². The van der Waals surface area contributed by atoms with Crippen molar-refractivity contribution in [3.05, 3.63) is 44.9 Å². The third kappa shape index (κ3) is 2.45. The molecule has 3 aromatic heterocycles. The number of fused-ring (bicyclic) bond motifs is 3. The number of hydrogen-bond acceptors (Lipinski definition) is 3. The average Bonchev–Trinajstić information content (AvgIpc) is 3.08. The number of unbranched alkanes of at least 4 members (excludes halogenated alkanes) is 2. The summed E-state index contributed by atoms with van der Waals surface area (Å²) in [6, 6.07) is 0. The highest BCUT2D eigenvalue weighted by Gasteiger charge is 2.21. The summed E-state index contributed by atoms with van der Waals surface area (Å²) in [5, 5.41) is 0. The minimum atomic E-state index is -0.306. The summed E-state index contributed by atoms with van der Waals surface area (Å²) in [5.74, 6) is 0.670. The van der Waals surface area contributed by atoms with Gasteiger partial charge < -0.3 is 4.57 Å². The maximum atomic E-state index is 13.1. The third-order valence-corrected chi connectivity index (χ3v) is 4.93. The molecule has 0 N–H and O–H groups in total. The van der Waals surface area contributed by atoms with E-state index >= 15 is 0 Å². The van der Waals surface area contributed by atoms with Crippen molar-refractivity contribution in [1.29, 1.82) is 0 Å². The molecule has 0 bridgehead atoms. The Kier molecular flexibility index (Phi) is 4.41. The number of aryl methyl sites for hydroxylation is 2. The lowest BCUT2D eigenvalue weighted by molar-refractivity contribution is 0.550. The smallest absolute Gasteiger partial charge is 0.310 e. The van der Waals surface area contributed by atoms with Gasteiger partial charge in [-0.15, -0.1) is 6.58 Å². The first-order chi connectivity index (χ1) is 11.9. The SMILES string of the molecule is C=CCn1c(C)c(C)n2c3c(=O)n(CCCCC)c(=O)n(C)c3nc12. The van der Waals surface area contributed by atoms with Gasteiger partial charge in [-0.3, -0.25) is 18.3 Å². The number of rotatable bonds is 6. The number of allylic oxidation sites excluding steroid dienone is 1. The standard InChI is InChI=1S/C18H25N5O2/c1-6-8-9-11-22-16(24)14-15(20(5)18(22)25)19-17-21(10-7-2)12(3)13(4)23(14)17/h7H,2,6,8-11H2,1,3-5H3. The molecule has 25 heavy (non-hydrogen) atoms. The van der Waals surface area contributed by atoms with Gasteiger partial charge in [0, 0.05) is 31.5 Å². The van der Waals surface area contributed by atoms with E-state index < -0.39 is 0 Å². The Balaban J connectivity index is 2.39. The predicted molar refractivity (Wildman–Crippen MR) is 99.4 cm³/mol. The van der Waals surface area contributed by atoms with E-state index in [0.29, 0.717) is 30.0 Å². The first-order valence-corrected chi connectivity index (χ1v) is 8.72. The van der Waals surface area contributed by atoms with Gasteiger partial charge in [0.15, 0.2) is 11.2 Å². The Hall–Kier alpha value is -2.57. The second-order valence-corrected chi connectivity index (χ2v) is 6.50. The molecule has 0 aliphatic carbocycles. The summed E-state index contributed by atoms with van der Waals surface area (Å²) in [6.45, 7) is 10.9. The molecule has 0 aliphatic heterocycles. The summed E-state index contributed by atoms with van der Waals surface area (Å²) in [5.41, 5.74) is 2.32. The summed E-state index contributed by atoms with van der Waals surface area (Å²) < 4.78 is 6.69. The minimum absolute atomic E-state index is 0.263. The van der Waals surface area contributed by atoms with Gasteiger partial charge in [0.2, 0.25) is 5.78 Å². The average molecular weight is 343 g/mol. The van der Waals surface area contributed by atoms with Crippen LogP contribution in [0.5, 0.6) is 0 Å². The topological polar surface area (TPSA) is 66.2 Å². The second-order valence-electron chi connectivity index (χ2n) is 6.50. The highest BCUT2D eigenvalue weighted by atomic mass is 16.2. The van der Waals surface area contributed by atoms with Crippen LogP contribution in [-0.2, 0) is 20.1 Å². The molecule has 3 aromatic rings. The second kappa shape index (κ2) is 6.38. The van der Waals surface area contributed by atoms with Crippen LogP contribution < -0.4 is 11.2 Å². The molecule has 3 heterocycles. The number of imidazole rings is 2. The van der Waals surface area contributed by atoms with E-state index in [1.165, 1.54) is 9.13 Å². The fourth-order valence-electron chi connectivity index (χ4n) is 3.38. The van der Waals surface area contributed by atoms with Gasteiger partial charge in [0.1, 0.15) is 0 Å². The van der Waals surface area contributed by atoms with E-state index in [0.717, 1.165) is 30.7 Å². The summed E-state index contributed by atoms with van der Waals surface area (Å²) >= 11 is 0. The van der Waals surface area contributed by atoms with Crippen LogP contribution in [0.4, 0.5) is 0 Å². The van der Waals surface area contributed by atoms with Crippen molar-refractivity contribution in [3.63, 3.8) is 0 Å². The Bertz CT molecular complexity index is 1080. The lowest BCUT2D eigenvalue weighted by Gasteiger charge is -2.08. The molecule has 7 nitrogen and oxygen atoms in total. The van der Waals surface area contributed by atoms with E-state index in [2.05, 4.69) is 18.5 Å². The molecule has 3 rings (SSSR count). The van der Waals surface area contributed by atoms with Gasteiger partial charge in [0.25, 0.3) is 5.56 Å². The van der Waals surface area contributed by atoms with E-state index in [1.54, 1.807) is 13.1 Å². The highest BCUT2D eigenvalue weighted by molar-refractivity contribution is 5.76.